The summed E-state index contributed by atoms with van der Waals surface area (Å²) in [5.74, 6) is -0.127. The number of hydrogen-bond donors (Lipinski definition) is 4. The molecule has 0 aliphatic rings. The number of aliphatic hydroxyl groups excluding tert-OH is 1. The van der Waals surface area contributed by atoms with E-state index in [1.54, 1.807) is 0 Å². The summed E-state index contributed by atoms with van der Waals surface area (Å²) in [6.07, 6.45) is 1.68. The van der Waals surface area contributed by atoms with Gasteiger partial charge in [-0.15, -0.1) is 0 Å². The van der Waals surface area contributed by atoms with Gasteiger partial charge in [-0.2, -0.15) is 0 Å². The van der Waals surface area contributed by atoms with E-state index in [4.69, 9.17) is 15.9 Å². The average molecular weight is 356 g/mol. The van der Waals surface area contributed by atoms with E-state index in [0.717, 1.165) is 25.7 Å². The Bertz CT molecular complexity index is 540. The number of benzene rings is 2. The van der Waals surface area contributed by atoms with Crippen molar-refractivity contribution in [1.82, 2.24) is 0 Å². The molecule has 0 saturated heterocycles. The molecule has 0 spiro atoms. The van der Waals surface area contributed by atoms with Gasteiger partial charge < -0.3 is 21.7 Å². The molecule has 0 fully saturated rings. The fraction of sp³-hybridized carbons (Fsp3) is 0.368. The lowest BCUT2D eigenvalue weighted by atomic mass is 9.94. The van der Waals surface area contributed by atoms with Gasteiger partial charge in [0.05, 0.1) is 12.4 Å². The normalized spacial score (nSPS) is 10.0. The Hall–Kier alpha value is -2.18. The van der Waals surface area contributed by atoms with Crippen LogP contribution in [0.25, 0.3) is 0 Å². The molecule has 6 N–H and O–H groups in total. The van der Waals surface area contributed by atoms with Gasteiger partial charge in [-0.25, -0.2) is 4.39 Å². The number of alkyl halides is 1. The molecule has 2 aromatic rings. The minimum absolute atomic E-state index is 0.0648. The van der Waals surface area contributed by atoms with E-state index >= 15 is 0 Å². The highest BCUT2D eigenvalue weighted by Gasteiger charge is 2.07. The highest BCUT2D eigenvalue weighted by molar-refractivity contribution is 5.51. The first kappa shape index (κ1) is 25.1. The smallest absolute Gasteiger partial charge is 0.138 e. The van der Waals surface area contributed by atoms with Crippen molar-refractivity contribution >= 4 is 5.69 Å². The van der Waals surface area contributed by atoms with Crippen LogP contribution < -0.4 is 11.5 Å². The Balaban J connectivity index is 0. The lowest BCUT2D eigenvalue weighted by molar-refractivity contribution is 0.399. The van der Waals surface area contributed by atoms with E-state index in [-0.39, 0.29) is 18.1 Å². The van der Waals surface area contributed by atoms with Crippen LogP contribution in [-0.2, 0) is 0 Å². The second kappa shape index (κ2) is 16.7. The van der Waals surface area contributed by atoms with Gasteiger partial charge >= 0.3 is 0 Å². The molecule has 142 valence electrons. The summed E-state index contributed by atoms with van der Waals surface area (Å²) in [4.78, 5) is 0. The van der Waals surface area contributed by atoms with E-state index in [1.165, 1.54) is 18.7 Å². The molecule has 2 aromatic carbocycles. The first-order valence-electron chi connectivity index (χ1n) is 7.95. The molecule has 0 radical (unpaired) electrons. The van der Waals surface area contributed by atoms with Crippen LogP contribution in [-0.4, -0.2) is 31.0 Å². The molecule has 0 heterocycles. The second-order valence-electron chi connectivity index (χ2n) is 4.70. The zero-order chi connectivity index (χ0) is 19.7. The Morgan fingerprint density at radius 2 is 1.60 bits per heavy atom. The summed E-state index contributed by atoms with van der Waals surface area (Å²) in [7, 11) is 2.50. The minimum atomic E-state index is -0.440. The van der Waals surface area contributed by atoms with Crippen LogP contribution in [0.15, 0.2) is 48.5 Å². The molecule has 0 saturated carbocycles. The lowest BCUT2D eigenvalue weighted by Crippen LogP contribution is -1.97. The maximum absolute atomic E-state index is 12.2. The Morgan fingerprint density at radius 1 is 1.04 bits per heavy atom. The van der Waals surface area contributed by atoms with E-state index in [1.807, 2.05) is 18.2 Å². The predicted molar refractivity (Wildman–Crippen MR) is 101 cm³/mol. The number of aromatic hydroxyl groups is 1. The van der Waals surface area contributed by atoms with E-state index in [2.05, 4.69) is 24.8 Å². The number of phenols is 1. The van der Waals surface area contributed by atoms with Crippen molar-refractivity contribution in [3.05, 3.63) is 59.9 Å². The Morgan fingerprint density at radius 3 is 2.00 bits per heavy atom. The molecule has 4 nitrogen and oxygen atoms in total. The van der Waals surface area contributed by atoms with Crippen molar-refractivity contribution < 1.29 is 19.0 Å². The molecular formula is C19H30F2N2O2. The fourth-order valence-corrected chi connectivity index (χ4v) is 1.99. The lowest BCUT2D eigenvalue weighted by Gasteiger charge is -2.12. The molecule has 0 aliphatic heterocycles. The van der Waals surface area contributed by atoms with Crippen LogP contribution in [0, 0.1) is 5.82 Å². The van der Waals surface area contributed by atoms with Crippen LogP contribution >= 0.6 is 0 Å². The predicted octanol–water partition coefficient (Wildman–Crippen LogP) is 3.84. The third-order valence-electron chi connectivity index (χ3n) is 3.21. The maximum Gasteiger partial charge on any atom is 0.138 e. The topological polar surface area (TPSA) is 92.5 Å². The summed E-state index contributed by atoms with van der Waals surface area (Å²) < 4.78 is 24.3. The number of halogens is 2. The molecule has 6 heteroatoms. The number of anilines is 1. The molecule has 0 aromatic heterocycles. The molecular weight excluding hydrogens is 326 g/mol. The second-order valence-corrected chi connectivity index (χ2v) is 4.70. The van der Waals surface area contributed by atoms with Crippen LogP contribution in [0.1, 0.15) is 31.2 Å². The molecule has 2 rings (SSSR count). The van der Waals surface area contributed by atoms with Crippen LogP contribution in [0.5, 0.6) is 5.75 Å². The molecule has 0 amide bonds. The number of phenolic OH excluding ortho intramolecular Hbond substituents is 1. The average Bonchev–Trinajstić information content (AvgIpc) is 2.67. The number of aliphatic hydroxyl groups is 1. The van der Waals surface area contributed by atoms with Crippen LogP contribution in [0.3, 0.4) is 0 Å². The molecule has 1 unspecified atom stereocenters. The van der Waals surface area contributed by atoms with Gasteiger partial charge in [-0.1, -0.05) is 37.3 Å². The summed E-state index contributed by atoms with van der Waals surface area (Å²) in [6.45, 7) is 1.89. The van der Waals surface area contributed by atoms with Crippen LogP contribution in [0.2, 0.25) is 0 Å². The summed E-state index contributed by atoms with van der Waals surface area (Å²) in [5, 5.41) is 15.8. The summed E-state index contributed by atoms with van der Waals surface area (Å²) >= 11 is 0. The first-order valence-corrected chi connectivity index (χ1v) is 7.95. The van der Waals surface area contributed by atoms with Crippen molar-refractivity contribution in [2.75, 3.05) is 26.6 Å². The van der Waals surface area contributed by atoms with Gasteiger partial charge in [0.15, 0.2) is 0 Å². The number of rotatable bonds is 4. The van der Waals surface area contributed by atoms with Gasteiger partial charge in [0.2, 0.25) is 0 Å². The maximum atomic E-state index is 12.2. The number of nitrogen functional groups attached to an aromatic ring is 1. The third kappa shape index (κ3) is 11.1. The van der Waals surface area contributed by atoms with Crippen molar-refractivity contribution in [3.8, 4) is 5.75 Å². The minimum Gasteiger partial charge on any atom is -0.506 e. The number of nitrogens with two attached hydrogens (primary N) is 2. The monoisotopic (exact) mass is 356 g/mol. The van der Waals surface area contributed by atoms with Gasteiger partial charge in [-0.05, 0) is 43.5 Å². The molecule has 25 heavy (non-hydrogen) atoms. The Labute approximate surface area is 149 Å². The summed E-state index contributed by atoms with van der Waals surface area (Å²) in [5.41, 5.74) is 11.0. The van der Waals surface area contributed by atoms with Gasteiger partial charge in [-0.3, -0.25) is 4.39 Å². The zero-order valence-electron chi connectivity index (χ0n) is 15.1. The first-order chi connectivity index (χ1) is 12.1. The largest absolute Gasteiger partial charge is 0.506 e. The van der Waals surface area contributed by atoms with Gasteiger partial charge in [0, 0.05) is 13.2 Å². The van der Waals surface area contributed by atoms with Gasteiger partial charge in [0.25, 0.3) is 0 Å². The standard InChI is InChI=1S/C11H15F.C6H6FNO.CH5N.CH4O/c1-2-10(8-9-12)11-6-4-3-5-7-11;7-4-1-2-6(9)5(8)3-4;2*1-2/h3-7,10H,2,8-9H2,1H3;1-3,9H,8H2;2H2,1H3;2H,1H3. The van der Waals surface area contributed by atoms with Crippen molar-refractivity contribution in [2.45, 2.75) is 25.7 Å². The third-order valence-corrected chi connectivity index (χ3v) is 3.21. The fourth-order valence-electron chi connectivity index (χ4n) is 1.99. The van der Waals surface area contributed by atoms with Crippen LogP contribution in [0.4, 0.5) is 14.5 Å². The molecule has 1 atom stereocenters. The Kier molecular flexibility index (Phi) is 16.7. The highest BCUT2D eigenvalue weighted by atomic mass is 19.1. The highest BCUT2D eigenvalue weighted by Crippen LogP contribution is 2.22. The quantitative estimate of drug-likeness (QED) is 0.495. The van der Waals surface area contributed by atoms with Crippen molar-refractivity contribution in [3.63, 3.8) is 0 Å². The number of hydrogen-bond acceptors (Lipinski definition) is 4. The summed E-state index contributed by atoms with van der Waals surface area (Å²) in [6, 6.07) is 13.6. The SMILES string of the molecule is CCC(CCF)c1ccccc1.CN.CO.Nc1cc(F)ccc1O. The van der Waals surface area contributed by atoms with E-state index < -0.39 is 5.82 Å². The molecule has 0 aliphatic carbocycles. The van der Waals surface area contributed by atoms with Crippen molar-refractivity contribution in [2.24, 2.45) is 5.73 Å². The zero-order valence-corrected chi connectivity index (χ0v) is 15.1. The van der Waals surface area contributed by atoms with Gasteiger partial charge in [0.1, 0.15) is 11.6 Å². The van der Waals surface area contributed by atoms with E-state index in [9.17, 15) is 8.78 Å². The molecule has 0 bridgehead atoms. The van der Waals surface area contributed by atoms with Crippen molar-refractivity contribution in [1.29, 1.82) is 0 Å². The van der Waals surface area contributed by atoms with E-state index in [0.29, 0.717) is 12.3 Å².